The van der Waals surface area contributed by atoms with Gasteiger partial charge >= 0.3 is 0 Å². The maximum Gasteiger partial charge on any atom is 0.233 e. The second-order valence-electron chi connectivity index (χ2n) is 7.82. The second kappa shape index (κ2) is 6.82. The first-order valence-electron chi connectivity index (χ1n) is 9.90. The maximum absolute atomic E-state index is 5.95. The molecule has 0 unspecified atom stereocenters. The van der Waals surface area contributed by atoms with Crippen LogP contribution in [0.4, 0.5) is 5.82 Å². The quantitative estimate of drug-likeness (QED) is 0.825. The number of anilines is 1. The van der Waals surface area contributed by atoms with Gasteiger partial charge in [-0.25, -0.2) is 9.97 Å². The van der Waals surface area contributed by atoms with Crippen LogP contribution in [0.2, 0.25) is 0 Å². The first-order chi connectivity index (χ1) is 12.8. The molecule has 3 heterocycles. The lowest BCUT2D eigenvalue weighted by Crippen LogP contribution is -2.36. The van der Waals surface area contributed by atoms with Crippen LogP contribution in [0.5, 0.6) is 5.88 Å². The molecule has 6 nitrogen and oxygen atoms in total. The monoisotopic (exact) mass is 351 g/mol. The average molecular weight is 351 g/mol. The van der Waals surface area contributed by atoms with Crippen molar-refractivity contribution < 1.29 is 4.74 Å². The molecular formula is C20H25N5O. The number of hydrogen-bond donors (Lipinski definition) is 0. The highest BCUT2D eigenvalue weighted by molar-refractivity contribution is 5.40. The van der Waals surface area contributed by atoms with E-state index in [1.807, 2.05) is 0 Å². The van der Waals surface area contributed by atoms with Gasteiger partial charge in [0.15, 0.2) is 0 Å². The van der Waals surface area contributed by atoms with Gasteiger partial charge < -0.3 is 9.64 Å². The summed E-state index contributed by atoms with van der Waals surface area (Å²) in [5.74, 6) is 3.03. The van der Waals surface area contributed by atoms with Crippen molar-refractivity contribution >= 4 is 5.82 Å². The summed E-state index contributed by atoms with van der Waals surface area (Å²) in [7, 11) is 0. The Morgan fingerprint density at radius 1 is 1.00 bits per heavy atom. The first kappa shape index (κ1) is 16.0. The number of ether oxygens (including phenoxy) is 1. The van der Waals surface area contributed by atoms with Gasteiger partial charge in [0, 0.05) is 36.8 Å². The molecule has 0 aromatic carbocycles. The molecule has 2 aliphatic carbocycles. The molecule has 2 aromatic heterocycles. The largest absolute Gasteiger partial charge is 0.476 e. The fraction of sp³-hybridized carbons (Fsp3) is 0.600. The Morgan fingerprint density at radius 3 is 2.73 bits per heavy atom. The summed E-state index contributed by atoms with van der Waals surface area (Å²) in [6, 6.07) is 4.28. The smallest absolute Gasteiger partial charge is 0.233 e. The van der Waals surface area contributed by atoms with Gasteiger partial charge in [-0.05, 0) is 56.4 Å². The SMILES string of the molecule is c1nc(C2CC2)cc(N2CCC(COc3cc4c(nn3)CCC4)CC2)n1. The molecule has 1 aliphatic heterocycles. The van der Waals surface area contributed by atoms with Crippen molar-refractivity contribution in [2.45, 2.75) is 50.9 Å². The van der Waals surface area contributed by atoms with E-state index in [1.54, 1.807) is 6.33 Å². The molecule has 1 saturated heterocycles. The summed E-state index contributed by atoms with van der Waals surface area (Å²) in [6.45, 7) is 2.80. The topological polar surface area (TPSA) is 64.0 Å². The summed E-state index contributed by atoms with van der Waals surface area (Å²) < 4.78 is 5.95. The molecule has 0 radical (unpaired) electrons. The molecule has 1 saturated carbocycles. The van der Waals surface area contributed by atoms with Crippen LogP contribution in [-0.4, -0.2) is 39.9 Å². The van der Waals surface area contributed by atoms with E-state index >= 15 is 0 Å². The van der Waals surface area contributed by atoms with Gasteiger partial charge in [-0.15, -0.1) is 5.10 Å². The summed E-state index contributed by atoms with van der Waals surface area (Å²) in [5.41, 5.74) is 3.69. The molecule has 6 heteroatoms. The van der Waals surface area contributed by atoms with Crippen molar-refractivity contribution in [3.63, 3.8) is 0 Å². The average Bonchev–Trinajstić information content (AvgIpc) is 3.45. The summed E-state index contributed by atoms with van der Waals surface area (Å²) >= 11 is 0. The van der Waals surface area contributed by atoms with Crippen molar-refractivity contribution in [2.24, 2.45) is 5.92 Å². The van der Waals surface area contributed by atoms with Gasteiger partial charge in [0.1, 0.15) is 12.1 Å². The molecule has 0 amide bonds. The number of fused-ring (bicyclic) bond motifs is 1. The van der Waals surface area contributed by atoms with E-state index in [0.717, 1.165) is 56.9 Å². The minimum absolute atomic E-state index is 0.575. The van der Waals surface area contributed by atoms with Crippen molar-refractivity contribution in [3.8, 4) is 5.88 Å². The zero-order chi connectivity index (χ0) is 17.3. The van der Waals surface area contributed by atoms with Gasteiger partial charge in [-0.1, -0.05) is 0 Å². The molecule has 0 atom stereocenters. The van der Waals surface area contributed by atoms with Crippen molar-refractivity contribution in [1.82, 2.24) is 20.2 Å². The Balaban J connectivity index is 1.14. The standard InChI is InChI=1S/C20H25N5O/c1-2-16-10-20(24-23-17(16)3-1)26-12-14-6-8-25(9-7-14)19-11-18(15-4-5-15)21-13-22-19/h10-11,13-15H,1-9,12H2. The maximum atomic E-state index is 5.95. The minimum atomic E-state index is 0.575. The van der Waals surface area contributed by atoms with Gasteiger partial charge in [0.2, 0.25) is 5.88 Å². The number of aryl methyl sites for hydroxylation is 2. The van der Waals surface area contributed by atoms with E-state index in [4.69, 9.17) is 4.74 Å². The van der Waals surface area contributed by atoms with Crippen molar-refractivity contribution in [2.75, 3.05) is 24.6 Å². The first-order valence-corrected chi connectivity index (χ1v) is 9.90. The molecule has 0 spiro atoms. The van der Waals surface area contributed by atoms with E-state index in [9.17, 15) is 0 Å². The molecule has 26 heavy (non-hydrogen) atoms. The highest BCUT2D eigenvalue weighted by atomic mass is 16.5. The van der Waals surface area contributed by atoms with Crippen LogP contribution < -0.4 is 9.64 Å². The fourth-order valence-corrected chi connectivity index (χ4v) is 4.05. The highest BCUT2D eigenvalue weighted by Crippen LogP contribution is 2.39. The highest BCUT2D eigenvalue weighted by Gasteiger charge is 2.27. The lowest BCUT2D eigenvalue weighted by molar-refractivity contribution is 0.214. The summed E-state index contributed by atoms with van der Waals surface area (Å²) in [6.07, 6.45) is 9.90. The second-order valence-corrected chi connectivity index (χ2v) is 7.82. The molecule has 3 aliphatic rings. The predicted octanol–water partition coefficient (Wildman–Crippen LogP) is 2.93. The molecule has 0 N–H and O–H groups in total. The summed E-state index contributed by atoms with van der Waals surface area (Å²) in [5, 5.41) is 8.53. The van der Waals surface area contributed by atoms with Crippen LogP contribution in [0.15, 0.2) is 18.5 Å². The zero-order valence-electron chi connectivity index (χ0n) is 15.1. The normalized spacial score (nSPS) is 20.2. The third-order valence-electron chi connectivity index (χ3n) is 5.87. The fourth-order valence-electron chi connectivity index (χ4n) is 4.05. The van der Waals surface area contributed by atoms with Gasteiger partial charge in [-0.3, -0.25) is 0 Å². The van der Waals surface area contributed by atoms with Crippen molar-refractivity contribution in [3.05, 3.63) is 35.4 Å². The molecular weight excluding hydrogens is 326 g/mol. The van der Waals surface area contributed by atoms with Crippen LogP contribution in [0.1, 0.15) is 55.0 Å². The van der Waals surface area contributed by atoms with E-state index in [-0.39, 0.29) is 0 Å². The Bertz CT molecular complexity index is 784. The third kappa shape index (κ3) is 3.37. The minimum Gasteiger partial charge on any atom is -0.476 e. The van der Waals surface area contributed by atoms with E-state index < -0.39 is 0 Å². The van der Waals surface area contributed by atoms with E-state index in [2.05, 4.69) is 37.2 Å². The zero-order valence-corrected chi connectivity index (χ0v) is 15.1. The van der Waals surface area contributed by atoms with Crippen LogP contribution in [0, 0.1) is 5.92 Å². The Kier molecular flexibility index (Phi) is 4.19. The van der Waals surface area contributed by atoms with E-state index in [0.29, 0.717) is 17.7 Å². The van der Waals surface area contributed by atoms with Crippen LogP contribution in [-0.2, 0) is 12.8 Å². The Labute approximate surface area is 154 Å². The van der Waals surface area contributed by atoms with Gasteiger partial charge in [0.05, 0.1) is 12.3 Å². The van der Waals surface area contributed by atoms with Crippen LogP contribution in [0.25, 0.3) is 0 Å². The number of piperidine rings is 1. The molecule has 2 aromatic rings. The van der Waals surface area contributed by atoms with Crippen molar-refractivity contribution in [1.29, 1.82) is 0 Å². The number of rotatable bonds is 5. The number of aromatic nitrogens is 4. The predicted molar refractivity (Wildman–Crippen MR) is 98.5 cm³/mol. The molecule has 0 bridgehead atoms. The van der Waals surface area contributed by atoms with Gasteiger partial charge in [0.25, 0.3) is 0 Å². The Hall–Kier alpha value is -2.24. The van der Waals surface area contributed by atoms with Gasteiger partial charge in [-0.2, -0.15) is 5.10 Å². The van der Waals surface area contributed by atoms with E-state index in [1.165, 1.54) is 30.5 Å². The van der Waals surface area contributed by atoms with Crippen LogP contribution in [0.3, 0.4) is 0 Å². The van der Waals surface area contributed by atoms with Crippen LogP contribution >= 0.6 is 0 Å². The lowest BCUT2D eigenvalue weighted by atomic mass is 9.98. The Morgan fingerprint density at radius 2 is 1.88 bits per heavy atom. The molecule has 5 rings (SSSR count). The lowest BCUT2D eigenvalue weighted by Gasteiger charge is -2.32. The summed E-state index contributed by atoms with van der Waals surface area (Å²) in [4.78, 5) is 11.3. The number of hydrogen-bond acceptors (Lipinski definition) is 6. The molecule has 2 fully saturated rings. The number of nitrogens with zero attached hydrogens (tertiary/aromatic N) is 5. The third-order valence-corrected chi connectivity index (χ3v) is 5.87. The molecule has 136 valence electrons.